The molecule has 8 heteroatoms. The molecule has 0 unspecified atom stereocenters. The van der Waals surface area contributed by atoms with Crippen LogP contribution in [-0.2, 0) is 9.59 Å². The molecule has 0 saturated carbocycles. The first-order chi connectivity index (χ1) is 13.8. The molecule has 1 fully saturated rings. The lowest BCUT2D eigenvalue weighted by atomic mass is 10.0. The third kappa shape index (κ3) is 4.21. The molecule has 0 aliphatic carbocycles. The van der Waals surface area contributed by atoms with Crippen LogP contribution in [0.3, 0.4) is 0 Å². The number of methoxy groups -OCH3 is 1. The number of amides is 2. The minimum atomic E-state index is -0.472. The van der Waals surface area contributed by atoms with Crippen molar-refractivity contribution in [3.05, 3.63) is 64.2 Å². The molecule has 0 spiro atoms. The SMILES string of the molecule is COc1cccc(N2C[C@H](C(=O)N(C)[C@H](C)c3cccc([N+](=O)[O-])c3)CC2=O)c1. The summed E-state index contributed by atoms with van der Waals surface area (Å²) in [5.41, 5.74) is 1.35. The van der Waals surface area contributed by atoms with Crippen molar-refractivity contribution in [1.82, 2.24) is 4.90 Å². The number of benzene rings is 2. The Labute approximate surface area is 168 Å². The predicted octanol–water partition coefficient (Wildman–Crippen LogP) is 3.18. The van der Waals surface area contributed by atoms with E-state index in [1.165, 1.54) is 12.1 Å². The summed E-state index contributed by atoms with van der Waals surface area (Å²) in [5.74, 6) is -0.114. The average Bonchev–Trinajstić information content (AvgIpc) is 3.13. The van der Waals surface area contributed by atoms with Gasteiger partial charge >= 0.3 is 0 Å². The van der Waals surface area contributed by atoms with Gasteiger partial charge in [0.1, 0.15) is 5.75 Å². The second-order valence-corrected chi connectivity index (χ2v) is 7.08. The number of nitro groups is 1. The van der Waals surface area contributed by atoms with E-state index >= 15 is 0 Å². The van der Waals surface area contributed by atoms with E-state index in [2.05, 4.69) is 0 Å². The molecule has 0 aromatic heterocycles. The third-order valence-electron chi connectivity index (χ3n) is 5.33. The first-order valence-corrected chi connectivity index (χ1v) is 9.27. The molecular formula is C21H23N3O5. The Bertz CT molecular complexity index is 945. The van der Waals surface area contributed by atoms with Gasteiger partial charge in [0.25, 0.3) is 5.69 Å². The maximum atomic E-state index is 13.0. The molecule has 2 atom stereocenters. The van der Waals surface area contributed by atoms with Crippen molar-refractivity contribution in [3.8, 4) is 5.75 Å². The number of nitrogens with zero attached hydrogens (tertiary/aromatic N) is 3. The van der Waals surface area contributed by atoms with Gasteiger partial charge in [-0.3, -0.25) is 19.7 Å². The molecule has 1 saturated heterocycles. The van der Waals surface area contributed by atoms with Gasteiger partial charge in [0.15, 0.2) is 0 Å². The summed E-state index contributed by atoms with van der Waals surface area (Å²) >= 11 is 0. The Morgan fingerprint density at radius 1 is 1.28 bits per heavy atom. The molecule has 1 heterocycles. The van der Waals surface area contributed by atoms with E-state index in [-0.39, 0.29) is 36.5 Å². The summed E-state index contributed by atoms with van der Waals surface area (Å²) in [6.07, 6.45) is 0.127. The van der Waals surface area contributed by atoms with E-state index < -0.39 is 10.8 Å². The molecule has 152 valence electrons. The van der Waals surface area contributed by atoms with Crippen molar-refractivity contribution in [1.29, 1.82) is 0 Å². The van der Waals surface area contributed by atoms with E-state index in [1.54, 1.807) is 54.3 Å². The number of non-ortho nitro benzene ring substituents is 1. The number of rotatable bonds is 6. The van der Waals surface area contributed by atoms with Gasteiger partial charge in [-0.25, -0.2) is 0 Å². The van der Waals surface area contributed by atoms with E-state index in [4.69, 9.17) is 4.74 Å². The van der Waals surface area contributed by atoms with E-state index in [9.17, 15) is 19.7 Å². The summed E-state index contributed by atoms with van der Waals surface area (Å²) < 4.78 is 5.21. The highest BCUT2D eigenvalue weighted by molar-refractivity contribution is 6.00. The molecule has 29 heavy (non-hydrogen) atoms. The number of carbonyl (C=O) groups is 2. The van der Waals surface area contributed by atoms with Crippen molar-refractivity contribution < 1.29 is 19.2 Å². The summed E-state index contributed by atoms with van der Waals surface area (Å²) in [6.45, 7) is 2.10. The monoisotopic (exact) mass is 397 g/mol. The van der Waals surface area contributed by atoms with E-state index in [0.717, 1.165) is 0 Å². The van der Waals surface area contributed by atoms with E-state index in [1.807, 2.05) is 13.0 Å². The fourth-order valence-electron chi connectivity index (χ4n) is 3.50. The van der Waals surface area contributed by atoms with Crippen LogP contribution in [0.2, 0.25) is 0 Å². The molecule has 0 N–H and O–H groups in total. The molecular weight excluding hydrogens is 374 g/mol. The lowest BCUT2D eigenvalue weighted by Gasteiger charge is -2.27. The minimum absolute atomic E-state index is 0.0181. The number of hydrogen-bond acceptors (Lipinski definition) is 5. The molecule has 2 aromatic rings. The molecule has 1 aliphatic rings. The quantitative estimate of drug-likeness (QED) is 0.551. The fraction of sp³-hybridized carbons (Fsp3) is 0.333. The maximum absolute atomic E-state index is 13.0. The van der Waals surface area contributed by atoms with Gasteiger partial charge in [0, 0.05) is 43.9 Å². The molecule has 2 aromatic carbocycles. The predicted molar refractivity (Wildman–Crippen MR) is 108 cm³/mol. The van der Waals surface area contributed by atoms with Crippen LogP contribution in [0.15, 0.2) is 48.5 Å². The van der Waals surface area contributed by atoms with Gasteiger partial charge in [-0.1, -0.05) is 18.2 Å². The second kappa shape index (κ2) is 8.30. The summed E-state index contributed by atoms with van der Waals surface area (Å²) in [5, 5.41) is 11.0. The van der Waals surface area contributed by atoms with Crippen molar-refractivity contribution >= 4 is 23.2 Å². The van der Waals surface area contributed by atoms with Gasteiger partial charge in [-0.05, 0) is 24.6 Å². The van der Waals surface area contributed by atoms with Gasteiger partial charge < -0.3 is 14.5 Å². The smallest absolute Gasteiger partial charge is 0.269 e. The van der Waals surface area contributed by atoms with Crippen molar-refractivity contribution in [3.63, 3.8) is 0 Å². The van der Waals surface area contributed by atoms with Crippen LogP contribution in [0.5, 0.6) is 5.75 Å². The average molecular weight is 397 g/mol. The summed E-state index contributed by atoms with van der Waals surface area (Å²) in [4.78, 5) is 39.2. The minimum Gasteiger partial charge on any atom is -0.497 e. The van der Waals surface area contributed by atoms with Crippen LogP contribution in [0.4, 0.5) is 11.4 Å². The standard InChI is InChI=1S/C21H23N3O5/c1-14(15-6-4-8-18(10-15)24(27)28)22(2)21(26)16-11-20(25)23(13-16)17-7-5-9-19(12-17)29-3/h4-10,12,14,16H,11,13H2,1-3H3/t14-,16-/m1/s1. The zero-order valence-electron chi connectivity index (χ0n) is 16.6. The van der Waals surface area contributed by atoms with Crippen LogP contribution in [-0.4, -0.2) is 42.3 Å². The fourth-order valence-corrected chi connectivity index (χ4v) is 3.50. The number of anilines is 1. The van der Waals surface area contributed by atoms with E-state index in [0.29, 0.717) is 17.0 Å². The molecule has 8 nitrogen and oxygen atoms in total. The zero-order valence-corrected chi connectivity index (χ0v) is 16.6. The highest BCUT2D eigenvalue weighted by Crippen LogP contribution is 2.31. The Morgan fingerprint density at radius 3 is 2.69 bits per heavy atom. The number of ether oxygens (including phenoxy) is 1. The lowest BCUT2D eigenvalue weighted by Crippen LogP contribution is -2.36. The summed E-state index contributed by atoms with van der Waals surface area (Å²) in [6, 6.07) is 13.0. The molecule has 3 rings (SSSR count). The molecule has 2 amide bonds. The highest BCUT2D eigenvalue weighted by Gasteiger charge is 2.37. The maximum Gasteiger partial charge on any atom is 0.269 e. The Kier molecular flexibility index (Phi) is 5.81. The highest BCUT2D eigenvalue weighted by atomic mass is 16.6. The summed E-state index contributed by atoms with van der Waals surface area (Å²) in [7, 11) is 3.21. The van der Waals surface area contributed by atoms with Crippen molar-refractivity contribution in [2.24, 2.45) is 5.92 Å². The topological polar surface area (TPSA) is 93.0 Å². The largest absolute Gasteiger partial charge is 0.497 e. The number of carbonyl (C=O) groups excluding carboxylic acids is 2. The Morgan fingerprint density at radius 2 is 2.00 bits per heavy atom. The molecule has 0 radical (unpaired) electrons. The van der Waals surface area contributed by atoms with Crippen LogP contribution >= 0.6 is 0 Å². The van der Waals surface area contributed by atoms with Gasteiger partial charge in [-0.15, -0.1) is 0 Å². The number of hydrogen-bond donors (Lipinski definition) is 0. The van der Waals surface area contributed by atoms with Crippen LogP contribution in [0.1, 0.15) is 24.9 Å². The normalized spacial score (nSPS) is 17.1. The van der Waals surface area contributed by atoms with Crippen LogP contribution < -0.4 is 9.64 Å². The third-order valence-corrected chi connectivity index (χ3v) is 5.33. The first kappa shape index (κ1) is 20.3. The second-order valence-electron chi connectivity index (χ2n) is 7.08. The van der Waals surface area contributed by atoms with Gasteiger partial charge in [0.05, 0.1) is 24.0 Å². The van der Waals surface area contributed by atoms with Crippen LogP contribution in [0, 0.1) is 16.0 Å². The lowest BCUT2D eigenvalue weighted by molar-refractivity contribution is -0.384. The Balaban J connectivity index is 1.73. The molecule has 0 bridgehead atoms. The van der Waals surface area contributed by atoms with Crippen LogP contribution in [0.25, 0.3) is 0 Å². The number of nitro benzene ring substituents is 1. The Hall–Kier alpha value is -3.42. The van der Waals surface area contributed by atoms with Crippen molar-refractivity contribution in [2.75, 3.05) is 25.6 Å². The van der Waals surface area contributed by atoms with Gasteiger partial charge in [0.2, 0.25) is 11.8 Å². The zero-order chi connectivity index (χ0) is 21.1. The first-order valence-electron chi connectivity index (χ1n) is 9.27. The van der Waals surface area contributed by atoms with Gasteiger partial charge in [-0.2, -0.15) is 0 Å². The van der Waals surface area contributed by atoms with Crippen molar-refractivity contribution in [2.45, 2.75) is 19.4 Å². The molecule has 1 aliphatic heterocycles.